The first-order valence-electron chi connectivity index (χ1n) is 5.50. The van der Waals surface area contributed by atoms with Gasteiger partial charge in [-0.25, -0.2) is 13.1 Å². The number of sulfonamides is 1. The zero-order chi connectivity index (χ0) is 12.8. The summed E-state index contributed by atoms with van der Waals surface area (Å²) >= 11 is 0. The van der Waals surface area contributed by atoms with E-state index in [0.717, 1.165) is 11.3 Å². The lowest BCUT2D eigenvalue weighted by atomic mass is 10.2. The van der Waals surface area contributed by atoms with Gasteiger partial charge in [-0.05, 0) is 30.2 Å². The van der Waals surface area contributed by atoms with E-state index in [4.69, 9.17) is 0 Å². The maximum absolute atomic E-state index is 11.7. The van der Waals surface area contributed by atoms with Crippen LogP contribution in [0.15, 0.2) is 36.8 Å². The molecule has 0 radical (unpaired) electrons. The Balaban J connectivity index is 1.84. The van der Waals surface area contributed by atoms with Gasteiger partial charge in [0.25, 0.3) is 0 Å². The second-order valence-electron chi connectivity index (χ2n) is 3.83. The summed E-state index contributed by atoms with van der Waals surface area (Å²) in [6.07, 6.45) is 5.36. The second-order valence-corrected chi connectivity index (χ2v) is 5.75. The Hall–Kier alpha value is -1.73. The third-order valence-corrected chi connectivity index (χ3v) is 3.78. The van der Waals surface area contributed by atoms with Crippen LogP contribution in [0.25, 0.3) is 0 Å². The Morgan fingerprint density at radius 1 is 1.17 bits per heavy atom. The standard InChI is InChI=1S/C11H14N4O2S/c16-18(17,14-9-11-3-7-13-15-11)8-4-10-1-5-12-6-2-10/h1-3,5-7,14H,4,8-9H2,(H,13,15). The van der Waals surface area contributed by atoms with Gasteiger partial charge in [-0.3, -0.25) is 10.1 Å². The number of aromatic amines is 1. The summed E-state index contributed by atoms with van der Waals surface area (Å²) in [5, 5.41) is 6.45. The molecular weight excluding hydrogens is 252 g/mol. The highest BCUT2D eigenvalue weighted by atomic mass is 32.2. The molecule has 96 valence electrons. The van der Waals surface area contributed by atoms with Gasteiger partial charge in [-0.1, -0.05) is 0 Å². The lowest BCUT2D eigenvalue weighted by Crippen LogP contribution is -2.27. The normalized spacial score (nSPS) is 11.6. The Kier molecular flexibility index (Phi) is 4.06. The fraction of sp³-hybridized carbons (Fsp3) is 0.273. The SMILES string of the molecule is O=S(=O)(CCc1ccncc1)NCc1ccn[nH]1. The van der Waals surface area contributed by atoms with Crippen molar-refractivity contribution in [1.29, 1.82) is 0 Å². The van der Waals surface area contributed by atoms with Gasteiger partial charge in [-0.15, -0.1) is 0 Å². The molecule has 0 bridgehead atoms. The second kappa shape index (κ2) is 5.74. The summed E-state index contributed by atoms with van der Waals surface area (Å²) in [5.41, 5.74) is 1.69. The van der Waals surface area contributed by atoms with Gasteiger partial charge in [0.2, 0.25) is 10.0 Å². The minimum atomic E-state index is -3.27. The maximum atomic E-state index is 11.7. The Morgan fingerprint density at radius 3 is 2.61 bits per heavy atom. The number of pyridine rings is 1. The molecule has 18 heavy (non-hydrogen) atoms. The first-order chi connectivity index (χ1) is 8.66. The molecule has 0 aliphatic heterocycles. The first-order valence-corrected chi connectivity index (χ1v) is 7.15. The minimum Gasteiger partial charge on any atom is -0.281 e. The lowest BCUT2D eigenvalue weighted by molar-refractivity contribution is 0.579. The van der Waals surface area contributed by atoms with E-state index in [0.29, 0.717) is 6.42 Å². The van der Waals surface area contributed by atoms with Gasteiger partial charge in [0, 0.05) is 18.6 Å². The topological polar surface area (TPSA) is 87.7 Å². The van der Waals surface area contributed by atoms with E-state index in [-0.39, 0.29) is 12.3 Å². The summed E-state index contributed by atoms with van der Waals surface area (Å²) in [4.78, 5) is 3.88. The number of aryl methyl sites for hydroxylation is 1. The van der Waals surface area contributed by atoms with Crippen LogP contribution in [0.4, 0.5) is 0 Å². The predicted octanol–water partition coefficient (Wildman–Crippen LogP) is 0.467. The molecule has 0 aromatic carbocycles. The van der Waals surface area contributed by atoms with Crippen LogP contribution < -0.4 is 4.72 Å². The van der Waals surface area contributed by atoms with E-state index in [1.54, 1.807) is 24.7 Å². The average Bonchev–Trinajstić information content (AvgIpc) is 2.89. The molecule has 0 aliphatic rings. The predicted molar refractivity (Wildman–Crippen MR) is 67.2 cm³/mol. The quantitative estimate of drug-likeness (QED) is 0.795. The Morgan fingerprint density at radius 2 is 1.94 bits per heavy atom. The van der Waals surface area contributed by atoms with Crippen molar-refractivity contribution in [2.45, 2.75) is 13.0 Å². The van der Waals surface area contributed by atoms with Crippen LogP contribution in [0.1, 0.15) is 11.3 Å². The molecule has 0 amide bonds. The molecule has 0 aliphatic carbocycles. The maximum Gasteiger partial charge on any atom is 0.212 e. The third kappa shape index (κ3) is 3.94. The number of aromatic nitrogens is 3. The van der Waals surface area contributed by atoms with Crippen molar-refractivity contribution in [2.24, 2.45) is 0 Å². The number of hydrogen-bond donors (Lipinski definition) is 2. The number of H-pyrrole nitrogens is 1. The zero-order valence-electron chi connectivity index (χ0n) is 9.70. The van der Waals surface area contributed by atoms with Crippen LogP contribution in [-0.2, 0) is 23.0 Å². The highest BCUT2D eigenvalue weighted by Crippen LogP contribution is 2.00. The van der Waals surface area contributed by atoms with Crippen LogP contribution >= 0.6 is 0 Å². The van der Waals surface area contributed by atoms with Crippen LogP contribution in [-0.4, -0.2) is 29.4 Å². The average molecular weight is 266 g/mol. The Labute approximate surface area is 106 Å². The number of nitrogens with one attached hydrogen (secondary N) is 2. The monoisotopic (exact) mass is 266 g/mol. The molecule has 0 saturated heterocycles. The Bertz CT molecular complexity index is 566. The zero-order valence-corrected chi connectivity index (χ0v) is 10.5. The van der Waals surface area contributed by atoms with Crippen LogP contribution in [0.3, 0.4) is 0 Å². The highest BCUT2D eigenvalue weighted by Gasteiger charge is 2.10. The molecule has 6 nitrogen and oxygen atoms in total. The van der Waals surface area contributed by atoms with Gasteiger partial charge in [0.15, 0.2) is 0 Å². The molecule has 0 saturated carbocycles. The van der Waals surface area contributed by atoms with Crippen molar-refractivity contribution in [3.05, 3.63) is 48.0 Å². The number of nitrogens with zero attached hydrogens (tertiary/aromatic N) is 2. The van der Waals surface area contributed by atoms with Gasteiger partial charge in [0.05, 0.1) is 18.0 Å². The highest BCUT2D eigenvalue weighted by molar-refractivity contribution is 7.89. The lowest BCUT2D eigenvalue weighted by Gasteiger charge is -2.05. The smallest absolute Gasteiger partial charge is 0.212 e. The van der Waals surface area contributed by atoms with E-state index in [2.05, 4.69) is 19.9 Å². The summed E-state index contributed by atoms with van der Waals surface area (Å²) in [6.45, 7) is 0.235. The van der Waals surface area contributed by atoms with E-state index in [1.807, 2.05) is 12.1 Å². The summed E-state index contributed by atoms with van der Waals surface area (Å²) in [5.74, 6) is 0.0607. The van der Waals surface area contributed by atoms with Crippen LogP contribution in [0.2, 0.25) is 0 Å². The van der Waals surface area contributed by atoms with E-state index in [1.165, 1.54) is 0 Å². The molecule has 2 rings (SSSR count). The molecule has 0 fully saturated rings. The molecule has 7 heteroatoms. The number of rotatable bonds is 6. The molecule has 0 spiro atoms. The molecule has 2 N–H and O–H groups in total. The minimum absolute atomic E-state index is 0.0607. The van der Waals surface area contributed by atoms with Crippen molar-refractivity contribution >= 4 is 10.0 Å². The molecular formula is C11H14N4O2S. The largest absolute Gasteiger partial charge is 0.281 e. The van der Waals surface area contributed by atoms with Gasteiger partial charge in [0.1, 0.15) is 0 Å². The summed E-state index contributed by atoms with van der Waals surface area (Å²) in [6, 6.07) is 5.35. The molecule has 2 heterocycles. The fourth-order valence-corrected chi connectivity index (χ4v) is 2.47. The van der Waals surface area contributed by atoms with Gasteiger partial charge >= 0.3 is 0 Å². The van der Waals surface area contributed by atoms with Crippen molar-refractivity contribution in [1.82, 2.24) is 19.9 Å². The molecule has 0 atom stereocenters. The summed E-state index contributed by atoms with van der Waals surface area (Å²) in [7, 11) is -3.27. The van der Waals surface area contributed by atoms with Crippen LogP contribution in [0, 0.1) is 0 Å². The number of hydrogen-bond acceptors (Lipinski definition) is 4. The van der Waals surface area contributed by atoms with Crippen molar-refractivity contribution in [3.8, 4) is 0 Å². The fourth-order valence-electron chi connectivity index (χ4n) is 1.44. The van der Waals surface area contributed by atoms with Crippen molar-refractivity contribution in [3.63, 3.8) is 0 Å². The molecule has 2 aromatic heterocycles. The first kappa shape index (κ1) is 12.7. The van der Waals surface area contributed by atoms with Gasteiger partial charge in [-0.2, -0.15) is 5.10 Å². The summed E-state index contributed by atoms with van der Waals surface area (Å²) < 4.78 is 26.0. The van der Waals surface area contributed by atoms with Crippen molar-refractivity contribution < 1.29 is 8.42 Å². The third-order valence-electron chi connectivity index (χ3n) is 2.45. The van der Waals surface area contributed by atoms with Crippen molar-refractivity contribution in [2.75, 3.05) is 5.75 Å². The van der Waals surface area contributed by atoms with Gasteiger partial charge < -0.3 is 0 Å². The van der Waals surface area contributed by atoms with E-state index in [9.17, 15) is 8.42 Å². The van der Waals surface area contributed by atoms with E-state index >= 15 is 0 Å². The molecule has 2 aromatic rings. The van der Waals surface area contributed by atoms with E-state index < -0.39 is 10.0 Å². The van der Waals surface area contributed by atoms with Crippen LogP contribution in [0.5, 0.6) is 0 Å². The molecule has 0 unspecified atom stereocenters.